The van der Waals surface area contributed by atoms with Crippen LogP contribution in [0.15, 0.2) is 0 Å². The summed E-state index contributed by atoms with van der Waals surface area (Å²) in [7, 11) is 0. The molecule has 1 rings (SSSR count). The molecule has 0 aromatic rings. The van der Waals surface area contributed by atoms with Crippen LogP contribution in [0.5, 0.6) is 0 Å². The second-order valence-electron chi connectivity index (χ2n) is 4.80. The molecule has 9 heteroatoms. The zero-order chi connectivity index (χ0) is 14.6. The topological polar surface area (TPSA) is 75.4 Å². The number of nitrogens with two attached hydrogens (primary N) is 1. The van der Waals surface area contributed by atoms with Gasteiger partial charge in [-0.05, 0) is 19.8 Å². The van der Waals surface area contributed by atoms with Crippen molar-refractivity contribution in [3.8, 4) is 0 Å². The molecule has 0 aromatic heterocycles. The molecule has 0 aromatic carbocycles. The molecular weight excluding hydrogens is 299 g/mol. The van der Waals surface area contributed by atoms with Gasteiger partial charge in [0.05, 0.1) is 0 Å². The molecule has 118 valence electrons. The molecule has 5 nitrogen and oxygen atoms in total. The average Bonchev–Trinajstić information content (AvgIpc) is 2.57. The Labute approximate surface area is 121 Å². The molecule has 1 aliphatic rings. The number of rotatable bonds is 5. The van der Waals surface area contributed by atoms with Crippen LogP contribution in [0.1, 0.15) is 26.2 Å². The van der Waals surface area contributed by atoms with Gasteiger partial charge in [0.2, 0.25) is 11.8 Å². The number of likely N-dealkylation sites (tertiary alicyclic amines) is 1. The summed E-state index contributed by atoms with van der Waals surface area (Å²) in [6.07, 6.45) is -3.57. The van der Waals surface area contributed by atoms with E-state index in [1.165, 1.54) is 0 Å². The van der Waals surface area contributed by atoms with Gasteiger partial charge >= 0.3 is 6.18 Å². The van der Waals surface area contributed by atoms with Crippen LogP contribution in [0.4, 0.5) is 13.2 Å². The quantitative estimate of drug-likeness (QED) is 0.788. The highest BCUT2D eigenvalue weighted by Crippen LogP contribution is 2.20. The first-order valence-electron chi connectivity index (χ1n) is 6.09. The van der Waals surface area contributed by atoms with Gasteiger partial charge in [-0.25, -0.2) is 0 Å². The van der Waals surface area contributed by atoms with Crippen molar-refractivity contribution in [3.63, 3.8) is 0 Å². The molecule has 0 spiro atoms. The van der Waals surface area contributed by atoms with E-state index < -0.39 is 24.7 Å². The standard InChI is InChI=1S/C11H18F3N3O2.ClH/c1-7(15)2-3-9(18)16-8-4-5-17(10(8)19)6-11(12,13)14;/h7-8H,2-6,15H2,1H3,(H,16,18);1H. The Hall–Kier alpha value is -1.02. The number of hydrogen-bond acceptors (Lipinski definition) is 3. The van der Waals surface area contributed by atoms with E-state index in [0.29, 0.717) is 6.42 Å². The second kappa shape index (κ2) is 7.68. The Balaban J connectivity index is 0.00000361. The van der Waals surface area contributed by atoms with Crippen LogP contribution in [-0.4, -0.2) is 48.1 Å². The summed E-state index contributed by atoms with van der Waals surface area (Å²) in [6, 6.07) is -0.977. The number of nitrogens with one attached hydrogen (secondary N) is 1. The number of amides is 2. The average molecular weight is 318 g/mol. The summed E-state index contributed by atoms with van der Waals surface area (Å²) < 4.78 is 36.6. The van der Waals surface area contributed by atoms with Crippen LogP contribution in [-0.2, 0) is 9.59 Å². The van der Waals surface area contributed by atoms with Crippen molar-refractivity contribution in [2.45, 2.75) is 44.4 Å². The van der Waals surface area contributed by atoms with Crippen molar-refractivity contribution in [1.29, 1.82) is 0 Å². The summed E-state index contributed by atoms with van der Waals surface area (Å²) >= 11 is 0. The molecule has 2 atom stereocenters. The fourth-order valence-corrected chi connectivity index (χ4v) is 1.87. The van der Waals surface area contributed by atoms with E-state index >= 15 is 0 Å². The Kier molecular flexibility index (Phi) is 7.29. The minimum Gasteiger partial charge on any atom is -0.344 e. The van der Waals surface area contributed by atoms with Gasteiger partial charge < -0.3 is 16.0 Å². The molecule has 3 N–H and O–H groups in total. The molecule has 1 fully saturated rings. The van der Waals surface area contributed by atoms with Gasteiger partial charge in [-0.3, -0.25) is 9.59 Å². The van der Waals surface area contributed by atoms with Gasteiger partial charge in [-0.2, -0.15) is 13.2 Å². The maximum Gasteiger partial charge on any atom is 0.406 e. The van der Waals surface area contributed by atoms with E-state index in [1.54, 1.807) is 6.92 Å². The van der Waals surface area contributed by atoms with Crippen molar-refractivity contribution in [2.24, 2.45) is 5.73 Å². The van der Waals surface area contributed by atoms with E-state index in [4.69, 9.17) is 5.73 Å². The van der Waals surface area contributed by atoms with Gasteiger partial charge in [-0.1, -0.05) is 0 Å². The summed E-state index contributed by atoms with van der Waals surface area (Å²) in [5.41, 5.74) is 5.49. The number of alkyl halides is 3. The Morgan fingerprint density at radius 1 is 1.55 bits per heavy atom. The second-order valence-corrected chi connectivity index (χ2v) is 4.80. The minimum absolute atomic E-state index is 0. The molecule has 1 aliphatic heterocycles. The van der Waals surface area contributed by atoms with Crippen molar-refractivity contribution in [2.75, 3.05) is 13.1 Å². The van der Waals surface area contributed by atoms with Gasteiger partial charge in [0.15, 0.2) is 0 Å². The Morgan fingerprint density at radius 3 is 2.65 bits per heavy atom. The largest absolute Gasteiger partial charge is 0.406 e. The molecule has 2 amide bonds. The molecule has 0 bridgehead atoms. The minimum atomic E-state index is -4.41. The molecule has 0 saturated carbocycles. The predicted octanol–water partition coefficient (Wildman–Crippen LogP) is 0.815. The van der Waals surface area contributed by atoms with Gasteiger partial charge in [0.1, 0.15) is 12.6 Å². The maximum absolute atomic E-state index is 12.2. The van der Waals surface area contributed by atoms with Crippen molar-refractivity contribution in [1.82, 2.24) is 10.2 Å². The normalized spacial score (nSPS) is 20.6. The van der Waals surface area contributed by atoms with Crippen LogP contribution in [0, 0.1) is 0 Å². The lowest BCUT2D eigenvalue weighted by Crippen LogP contribution is -2.43. The fourth-order valence-electron chi connectivity index (χ4n) is 1.87. The summed E-state index contributed by atoms with van der Waals surface area (Å²) in [4.78, 5) is 23.8. The lowest BCUT2D eigenvalue weighted by atomic mass is 10.1. The van der Waals surface area contributed by atoms with Gasteiger partial charge in [-0.15, -0.1) is 12.4 Å². The zero-order valence-corrected chi connectivity index (χ0v) is 11.9. The maximum atomic E-state index is 12.2. The molecule has 0 radical (unpaired) electrons. The van der Waals surface area contributed by atoms with Gasteiger partial charge in [0, 0.05) is 19.0 Å². The third-order valence-corrected chi connectivity index (χ3v) is 2.83. The Morgan fingerprint density at radius 2 is 2.15 bits per heavy atom. The van der Waals surface area contributed by atoms with E-state index in [1.807, 2.05) is 0 Å². The van der Waals surface area contributed by atoms with E-state index in [-0.39, 0.29) is 43.7 Å². The lowest BCUT2D eigenvalue weighted by Gasteiger charge is -2.18. The SMILES string of the molecule is CC(N)CCC(=O)NC1CCN(CC(F)(F)F)C1=O.Cl. The van der Waals surface area contributed by atoms with Crippen LogP contribution in [0.3, 0.4) is 0 Å². The number of carbonyl (C=O) groups is 2. The van der Waals surface area contributed by atoms with Crippen molar-refractivity contribution >= 4 is 24.2 Å². The third kappa shape index (κ3) is 6.42. The van der Waals surface area contributed by atoms with Crippen LogP contribution >= 0.6 is 12.4 Å². The van der Waals surface area contributed by atoms with Crippen LogP contribution in [0.2, 0.25) is 0 Å². The monoisotopic (exact) mass is 317 g/mol. The number of halogens is 4. The van der Waals surface area contributed by atoms with Crippen LogP contribution < -0.4 is 11.1 Å². The van der Waals surface area contributed by atoms with E-state index in [2.05, 4.69) is 5.32 Å². The number of carbonyl (C=O) groups excluding carboxylic acids is 2. The summed E-state index contributed by atoms with van der Waals surface area (Å²) in [6.45, 7) is 0.494. The molecular formula is C11H19ClF3N3O2. The first-order chi connectivity index (χ1) is 8.69. The highest BCUT2D eigenvalue weighted by atomic mass is 35.5. The van der Waals surface area contributed by atoms with E-state index in [0.717, 1.165) is 4.90 Å². The van der Waals surface area contributed by atoms with Crippen molar-refractivity contribution < 1.29 is 22.8 Å². The first kappa shape index (κ1) is 19.0. The fraction of sp³-hybridized carbons (Fsp3) is 0.818. The van der Waals surface area contributed by atoms with E-state index in [9.17, 15) is 22.8 Å². The zero-order valence-electron chi connectivity index (χ0n) is 11.1. The number of nitrogens with zero attached hydrogens (tertiary/aromatic N) is 1. The van der Waals surface area contributed by atoms with Gasteiger partial charge in [0.25, 0.3) is 0 Å². The third-order valence-electron chi connectivity index (χ3n) is 2.83. The molecule has 2 unspecified atom stereocenters. The predicted molar refractivity (Wildman–Crippen MR) is 69.3 cm³/mol. The van der Waals surface area contributed by atoms with Crippen molar-refractivity contribution in [3.05, 3.63) is 0 Å². The highest BCUT2D eigenvalue weighted by molar-refractivity contribution is 5.89. The summed E-state index contributed by atoms with van der Waals surface area (Å²) in [5.74, 6) is -1.03. The summed E-state index contributed by atoms with van der Waals surface area (Å²) in [5, 5.41) is 2.45. The smallest absolute Gasteiger partial charge is 0.344 e. The molecule has 0 aliphatic carbocycles. The lowest BCUT2D eigenvalue weighted by molar-refractivity contribution is -0.158. The first-order valence-corrected chi connectivity index (χ1v) is 6.09. The highest BCUT2D eigenvalue weighted by Gasteiger charge is 2.39. The molecule has 1 saturated heterocycles. The molecule has 20 heavy (non-hydrogen) atoms. The number of hydrogen-bond donors (Lipinski definition) is 2. The molecule has 1 heterocycles. The Bertz CT molecular complexity index is 350. The van der Waals surface area contributed by atoms with Crippen LogP contribution in [0.25, 0.3) is 0 Å².